The first kappa shape index (κ1) is 16.0. The Morgan fingerprint density at radius 1 is 1.35 bits per heavy atom. The number of nitrogens with one attached hydrogen (secondary N) is 1. The lowest BCUT2D eigenvalue weighted by atomic mass is 10.1. The molecule has 0 rings (SSSR count). The zero-order chi connectivity index (χ0) is 13.6. The highest BCUT2D eigenvalue weighted by molar-refractivity contribution is 7.52. The number of carboxylic acids is 1. The van der Waals surface area contributed by atoms with Crippen LogP contribution in [-0.2, 0) is 14.2 Å². The molecule has 0 fully saturated rings. The zero-order valence-electron chi connectivity index (χ0n) is 8.94. The van der Waals surface area contributed by atoms with Gasteiger partial charge in [-0.15, -0.1) is 0 Å². The third-order valence-electron chi connectivity index (χ3n) is 1.85. The van der Waals surface area contributed by atoms with Crippen LogP contribution in [0.4, 0.5) is 0 Å². The number of nitrogens with two attached hydrogens (primary N) is 2. The van der Waals surface area contributed by atoms with Gasteiger partial charge in [0.05, 0.1) is 0 Å². The summed E-state index contributed by atoms with van der Waals surface area (Å²) in [6.07, 6.45) is -1.08. The molecule has 0 aromatic heterocycles. The minimum absolute atomic E-state index is 0.0755. The molecule has 0 aromatic rings. The van der Waals surface area contributed by atoms with Gasteiger partial charge in [-0.05, 0) is 6.42 Å². The molecular weight excluding hydrogens is 253 g/mol. The zero-order valence-corrected chi connectivity index (χ0v) is 9.84. The molecule has 0 aliphatic heterocycles. The predicted octanol–water partition coefficient (Wildman–Crippen LogP) is -2.59. The minimum atomic E-state index is -4.44. The van der Waals surface area contributed by atoms with Crippen molar-refractivity contribution >= 4 is 19.5 Å². The lowest BCUT2D eigenvalue weighted by Crippen LogP contribution is -2.46. The number of hydrogen-bond acceptors (Lipinski definition) is 5. The molecule has 0 heterocycles. The largest absolute Gasteiger partial charge is 0.480 e. The van der Waals surface area contributed by atoms with Crippen LogP contribution in [0.3, 0.4) is 0 Å². The maximum Gasteiger partial charge on any atom is 0.334 e. The van der Waals surface area contributed by atoms with Gasteiger partial charge in [0.1, 0.15) is 12.2 Å². The van der Waals surface area contributed by atoms with Crippen molar-refractivity contribution in [3.8, 4) is 0 Å². The fourth-order valence-electron chi connectivity index (χ4n) is 1.08. The van der Waals surface area contributed by atoms with Crippen LogP contribution in [0.15, 0.2) is 0 Å². The molecular formula is C7H16N3O6P. The van der Waals surface area contributed by atoms with Crippen molar-refractivity contribution in [2.45, 2.75) is 18.5 Å². The first-order valence-corrected chi connectivity index (χ1v) is 6.48. The van der Waals surface area contributed by atoms with Crippen LogP contribution in [0.1, 0.15) is 6.42 Å². The van der Waals surface area contributed by atoms with Crippen molar-refractivity contribution in [1.82, 2.24) is 5.32 Å². The summed E-state index contributed by atoms with van der Waals surface area (Å²) >= 11 is 0. The monoisotopic (exact) mass is 269 g/mol. The molecule has 100 valence electrons. The Morgan fingerprint density at radius 3 is 2.24 bits per heavy atom. The van der Waals surface area contributed by atoms with Gasteiger partial charge in [-0.25, -0.2) is 0 Å². The molecule has 0 saturated heterocycles. The predicted molar refractivity (Wildman–Crippen MR) is 58.1 cm³/mol. The molecule has 9 nitrogen and oxygen atoms in total. The number of aliphatic carboxylic acids is 1. The number of rotatable bonds is 7. The number of carboxylic acid groups (broad SMARTS) is 1. The van der Waals surface area contributed by atoms with E-state index in [1.807, 2.05) is 0 Å². The minimum Gasteiger partial charge on any atom is -0.480 e. The van der Waals surface area contributed by atoms with E-state index in [-0.39, 0.29) is 13.0 Å². The van der Waals surface area contributed by atoms with E-state index < -0.39 is 37.7 Å². The topological polar surface area (TPSA) is 176 Å². The van der Waals surface area contributed by atoms with E-state index in [0.29, 0.717) is 0 Å². The van der Waals surface area contributed by atoms with Crippen LogP contribution in [0, 0.1) is 0 Å². The van der Waals surface area contributed by atoms with Gasteiger partial charge in [0.25, 0.3) is 0 Å². The SMILES string of the molecule is NCC(C[C@H](N)C(=O)O)NC(=O)CP(=O)(O)O. The molecule has 0 saturated carbocycles. The molecule has 17 heavy (non-hydrogen) atoms. The highest BCUT2D eigenvalue weighted by Gasteiger charge is 2.23. The quantitative estimate of drug-likeness (QED) is 0.273. The Bertz CT molecular complexity index is 330. The maximum absolute atomic E-state index is 11.1. The molecule has 8 N–H and O–H groups in total. The molecule has 0 aromatic carbocycles. The summed E-state index contributed by atoms with van der Waals surface area (Å²) in [5.41, 5.74) is 10.5. The molecule has 0 spiro atoms. The van der Waals surface area contributed by atoms with Crippen molar-refractivity contribution in [3.05, 3.63) is 0 Å². The normalized spacial score (nSPS) is 15.1. The number of carbonyl (C=O) groups is 2. The van der Waals surface area contributed by atoms with E-state index in [0.717, 1.165) is 0 Å². The highest BCUT2D eigenvalue weighted by atomic mass is 31.2. The average molecular weight is 269 g/mol. The van der Waals surface area contributed by atoms with Crippen molar-refractivity contribution < 1.29 is 29.0 Å². The molecule has 0 bridgehead atoms. The van der Waals surface area contributed by atoms with Crippen LogP contribution in [0.2, 0.25) is 0 Å². The lowest BCUT2D eigenvalue weighted by Gasteiger charge is -2.18. The van der Waals surface area contributed by atoms with Crippen LogP contribution in [-0.4, -0.2) is 51.6 Å². The van der Waals surface area contributed by atoms with E-state index in [1.165, 1.54) is 0 Å². The second kappa shape index (κ2) is 6.67. The third kappa shape index (κ3) is 7.83. The first-order chi connectivity index (χ1) is 7.65. The van der Waals surface area contributed by atoms with Crippen molar-refractivity contribution in [2.24, 2.45) is 11.5 Å². The van der Waals surface area contributed by atoms with Gasteiger partial charge < -0.3 is 31.7 Å². The standard InChI is InChI=1S/C7H16N3O6P/c8-2-4(1-5(9)7(12)13)10-6(11)3-17(14,15)16/h4-5H,1-3,8-9H2,(H,10,11)(H,12,13)(H2,14,15,16)/t4?,5-/m0/s1. The van der Waals surface area contributed by atoms with Gasteiger partial charge in [-0.2, -0.15) is 0 Å². The van der Waals surface area contributed by atoms with E-state index in [4.69, 9.17) is 26.4 Å². The molecule has 0 aliphatic carbocycles. The Hall–Kier alpha value is -0.990. The van der Waals surface area contributed by atoms with Crippen LogP contribution in [0.25, 0.3) is 0 Å². The van der Waals surface area contributed by atoms with Crippen molar-refractivity contribution in [1.29, 1.82) is 0 Å². The summed E-state index contributed by atoms with van der Waals surface area (Å²) in [7, 11) is -4.44. The lowest BCUT2D eigenvalue weighted by molar-refractivity contribution is -0.139. The maximum atomic E-state index is 11.1. The third-order valence-corrected chi connectivity index (χ3v) is 2.55. The Morgan fingerprint density at radius 2 is 1.88 bits per heavy atom. The fourth-order valence-corrected chi connectivity index (χ4v) is 1.55. The number of amides is 1. The first-order valence-electron chi connectivity index (χ1n) is 4.68. The van der Waals surface area contributed by atoms with Crippen LogP contribution >= 0.6 is 7.60 Å². The second-order valence-corrected chi connectivity index (χ2v) is 5.15. The summed E-state index contributed by atoms with van der Waals surface area (Å²) in [6, 6.07) is -1.93. The number of hydrogen-bond donors (Lipinski definition) is 6. The summed E-state index contributed by atoms with van der Waals surface area (Å²) < 4.78 is 10.5. The molecule has 1 unspecified atom stereocenters. The second-order valence-electron chi connectivity index (χ2n) is 3.50. The van der Waals surface area contributed by atoms with Crippen LogP contribution < -0.4 is 16.8 Å². The smallest absolute Gasteiger partial charge is 0.334 e. The van der Waals surface area contributed by atoms with Crippen molar-refractivity contribution in [3.63, 3.8) is 0 Å². The average Bonchev–Trinajstić information content (AvgIpc) is 2.13. The van der Waals surface area contributed by atoms with Crippen molar-refractivity contribution in [2.75, 3.05) is 12.7 Å². The molecule has 1 amide bonds. The van der Waals surface area contributed by atoms with Gasteiger partial charge in [0.2, 0.25) is 5.91 Å². The molecule has 0 aliphatic rings. The van der Waals surface area contributed by atoms with Crippen LogP contribution in [0.5, 0.6) is 0 Å². The Labute approximate surface area is 97.3 Å². The number of carbonyl (C=O) groups excluding carboxylic acids is 1. The molecule has 2 atom stereocenters. The van der Waals surface area contributed by atoms with Gasteiger partial charge >= 0.3 is 13.6 Å². The van der Waals surface area contributed by atoms with E-state index in [1.54, 1.807) is 0 Å². The van der Waals surface area contributed by atoms with Gasteiger partial charge in [0.15, 0.2) is 0 Å². The summed E-state index contributed by atoms with van der Waals surface area (Å²) in [4.78, 5) is 38.7. The summed E-state index contributed by atoms with van der Waals surface area (Å²) in [5.74, 6) is -2.14. The highest BCUT2D eigenvalue weighted by Crippen LogP contribution is 2.33. The molecule has 0 radical (unpaired) electrons. The van der Waals surface area contributed by atoms with E-state index in [9.17, 15) is 14.2 Å². The van der Waals surface area contributed by atoms with E-state index in [2.05, 4.69) is 5.32 Å². The summed E-state index contributed by atoms with van der Waals surface area (Å²) in [6.45, 7) is -0.0755. The van der Waals surface area contributed by atoms with Gasteiger partial charge in [0, 0.05) is 12.6 Å². The molecule has 10 heteroatoms. The van der Waals surface area contributed by atoms with Gasteiger partial charge in [-0.3, -0.25) is 14.2 Å². The van der Waals surface area contributed by atoms with E-state index >= 15 is 0 Å². The Kier molecular flexibility index (Phi) is 6.29. The fraction of sp³-hybridized carbons (Fsp3) is 0.714. The Balaban J connectivity index is 4.27. The van der Waals surface area contributed by atoms with Gasteiger partial charge in [-0.1, -0.05) is 0 Å². The summed E-state index contributed by atoms with van der Waals surface area (Å²) in [5, 5.41) is 10.8.